The van der Waals surface area contributed by atoms with Crippen LogP contribution in [0.15, 0.2) is 30.0 Å². The summed E-state index contributed by atoms with van der Waals surface area (Å²) in [5.74, 6) is -2.15. The summed E-state index contributed by atoms with van der Waals surface area (Å²) in [5, 5.41) is 0.877. The van der Waals surface area contributed by atoms with Crippen LogP contribution in [0.3, 0.4) is 0 Å². The number of hydrogen-bond donors (Lipinski definition) is 0. The number of cyclic esters (lactones) is 1. The summed E-state index contributed by atoms with van der Waals surface area (Å²) in [7, 11) is 0. The smallest absolute Gasteiger partial charge is 0.377 e. The van der Waals surface area contributed by atoms with Crippen molar-refractivity contribution in [3.05, 3.63) is 45.6 Å². The highest BCUT2D eigenvalue weighted by Gasteiger charge is 2.38. The topological polar surface area (TPSA) is 55.8 Å². The van der Waals surface area contributed by atoms with E-state index in [9.17, 15) is 9.59 Å². The summed E-state index contributed by atoms with van der Waals surface area (Å²) in [4.78, 5) is 25.9. The normalized spacial score (nSPS) is 17.8. The van der Waals surface area contributed by atoms with Crippen molar-refractivity contribution in [1.82, 2.24) is 4.90 Å². The zero-order valence-corrected chi connectivity index (χ0v) is 15.4. The molecular weight excluding hydrogens is 353 g/mol. The maximum atomic E-state index is 12.6. The number of rotatable bonds is 4. The lowest BCUT2D eigenvalue weighted by Crippen LogP contribution is -2.35. The van der Waals surface area contributed by atoms with Crippen molar-refractivity contribution in [1.29, 1.82) is 0 Å². The fourth-order valence-electron chi connectivity index (χ4n) is 2.23. The summed E-state index contributed by atoms with van der Waals surface area (Å²) in [5.41, 5.74) is 0.833. The molecule has 0 aromatic heterocycles. The van der Waals surface area contributed by atoms with Crippen molar-refractivity contribution in [3.8, 4) is 0 Å². The highest BCUT2D eigenvalue weighted by molar-refractivity contribution is 6.42. The standard InChI is InChI=1S/C17H19Cl2NO4/c1-10(2)20(9-11-5-6-12(18)13(19)7-11)15(21)8-14-16(22)24-17(3,4)23-14/h5-8,10H,9H2,1-4H3. The van der Waals surface area contributed by atoms with Crippen LogP contribution in [0.2, 0.25) is 10.0 Å². The lowest BCUT2D eigenvalue weighted by Gasteiger charge is -2.26. The Bertz CT molecular complexity index is 698. The van der Waals surface area contributed by atoms with Crippen LogP contribution in [0.1, 0.15) is 33.3 Å². The zero-order chi connectivity index (χ0) is 18.1. The molecule has 0 atom stereocenters. The Hall–Kier alpha value is -1.72. The molecule has 1 aliphatic rings. The van der Waals surface area contributed by atoms with Gasteiger partial charge in [-0.1, -0.05) is 29.3 Å². The fraction of sp³-hybridized carbons (Fsp3) is 0.412. The molecule has 0 aliphatic carbocycles. The summed E-state index contributed by atoms with van der Waals surface area (Å²) in [6.07, 6.45) is 1.16. The molecule has 1 aromatic carbocycles. The lowest BCUT2D eigenvalue weighted by atomic mass is 10.2. The van der Waals surface area contributed by atoms with Gasteiger partial charge in [0.05, 0.1) is 16.1 Å². The molecule has 1 saturated heterocycles. The van der Waals surface area contributed by atoms with Gasteiger partial charge in [-0.15, -0.1) is 0 Å². The number of halogens is 2. The van der Waals surface area contributed by atoms with E-state index in [0.717, 1.165) is 11.6 Å². The Morgan fingerprint density at radius 1 is 1.25 bits per heavy atom. The third kappa shape index (κ3) is 4.42. The van der Waals surface area contributed by atoms with Crippen LogP contribution < -0.4 is 0 Å². The Morgan fingerprint density at radius 3 is 2.42 bits per heavy atom. The Kier molecular flexibility index (Phi) is 5.45. The first-order valence-electron chi connectivity index (χ1n) is 7.47. The van der Waals surface area contributed by atoms with Gasteiger partial charge in [-0.05, 0) is 31.5 Å². The molecule has 0 N–H and O–H groups in total. The largest absolute Gasteiger partial charge is 0.445 e. The Labute approximate surface area is 151 Å². The van der Waals surface area contributed by atoms with E-state index < -0.39 is 11.8 Å². The number of benzene rings is 1. The molecular formula is C17H19Cl2NO4. The molecule has 1 fully saturated rings. The van der Waals surface area contributed by atoms with Gasteiger partial charge in [0, 0.05) is 26.4 Å². The molecule has 1 aromatic rings. The molecule has 7 heteroatoms. The van der Waals surface area contributed by atoms with Crippen molar-refractivity contribution in [2.24, 2.45) is 0 Å². The zero-order valence-electron chi connectivity index (χ0n) is 13.9. The molecule has 5 nitrogen and oxygen atoms in total. The minimum Gasteiger partial charge on any atom is -0.445 e. The quantitative estimate of drug-likeness (QED) is 0.594. The van der Waals surface area contributed by atoms with Crippen molar-refractivity contribution < 1.29 is 19.1 Å². The number of esters is 1. The van der Waals surface area contributed by atoms with Crippen LogP contribution in [-0.2, 0) is 25.6 Å². The Morgan fingerprint density at radius 2 is 1.92 bits per heavy atom. The van der Waals surface area contributed by atoms with E-state index in [1.165, 1.54) is 0 Å². The van der Waals surface area contributed by atoms with E-state index >= 15 is 0 Å². The van der Waals surface area contributed by atoms with Gasteiger partial charge in [0.15, 0.2) is 0 Å². The molecule has 0 radical (unpaired) electrons. The van der Waals surface area contributed by atoms with Gasteiger partial charge >= 0.3 is 5.97 Å². The van der Waals surface area contributed by atoms with Gasteiger partial charge in [0.25, 0.3) is 5.91 Å². The molecule has 0 bridgehead atoms. The average Bonchev–Trinajstić information content (AvgIpc) is 2.71. The van der Waals surface area contributed by atoms with E-state index in [1.807, 2.05) is 13.8 Å². The third-order valence-electron chi connectivity index (χ3n) is 3.39. The number of carbonyl (C=O) groups is 2. The van der Waals surface area contributed by atoms with Gasteiger partial charge in [-0.3, -0.25) is 4.79 Å². The van der Waals surface area contributed by atoms with Crippen molar-refractivity contribution in [3.63, 3.8) is 0 Å². The predicted molar refractivity (Wildman–Crippen MR) is 91.5 cm³/mol. The summed E-state index contributed by atoms with van der Waals surface area (Å²) >= 11 is 11.9. The van der Waals surface area contributed by atoms with Crippen LogP contribution in [0.4, 0.5) is 0 Å². The number of amides is 1. The highest BCUT2D eigenvalue weighted by Crippen LogP contribution is 2.27. The van der Waals surface area contributed by atoms with Crippen LogP contribution in [-0.4, -0.2) is 28.6 Å². The molecule has 1 aliphatic heterocycles. The number of ether oxygens (including phenoxy) is 2. The van der Waals surface area contributed by atoms with Crippen molar-refractivity contribution in [2.75, 3.05) is 0 Å². The minimum atomic E-state index is -1.06. The Balaban J connectivity index is 2.19. The molecule has 0 spiro atoms. The summed E-state index contributed by atoms with van der Waals surface area (Å²) in [6.45, 7) is 7.30. The second-order valence-electron chi connectivity index (χ2n) is 6.21. The molecule has 24 heavy (non-hydrogen) atoms. The number of carbonyl (C=O) groups excluding carboxylic acids is 2. The molecule has 2 rings (SSSR count). The van der Waals surface area contributed by atoms with E-state index in [0.29, 0.717) is 16.6 Å². The molecule has 0 saturated carbocycles. The van der Waals surface area contributed by atoms with Gasteiger partial charge in [-0.25, -0.2) is 4.79 Å². The van der Waals surface area contributed by atoms with E-state index in [2.05, 4.69) is 0 Å². The van der Waals surface area contributed by atoms with Gasteiger partial charge in [0.1, 0.15) is 0 Å². The number of hydrogen-bond acceptors (Lipinski definition) is 4. The van der Waals surface area contributed by atoms with Gasteiger partial charge in [-0.2, -0.15) is 0 Å². The first-order chi connectivity index (χ1) is 11.1. The second-order valence-corrected chi connectivity index (χ2v) is 7.02. The van der Waals surface area contributed by atoms with E-state index in [4.69, 9.17) is 32.7 Å². The van der Waals surface area contributed by atoms with Crippen molar-refractivity contribution in [2.45, 2.75) is 46.1 Å². The second kappa shape index (κ2) is 7.03. The maximum Gasteiger partial charge on any atom is 0.377 e. The van der Waals surface area contributed by atoms with E-state index in [-0.39, 0.29) is 17.7 Å². The van der Waals surface area contributed by atoms with Gasteiger partial charge < -0.3 is 14.4 Å². The van der Waals surface area contributed by atoms with Gasteiger partial charge in [0.2, 0.25) is 11.5 Å². The average molecular weight is 372 g/mol. The van der Waals surface area contributed by atoms with Crippen LogP contribution in [0, 0.1) is 0 Å². The first kappa shape index (κ1) is 18.6. The monoisotopic (exact) mass is 371 g/mol. The minimum absolute atomic E-state index is 0.0887. The number of nitrogens with zero attached hydrogens (tertiary/aromatic N) is 1. The molecule has 130 valence electrons. The van der Waals surface area contributed by atoms with E-state index in [1.54, 1.807) is 36.9 Å². The molecule has 1 amide bonds. The van der Waals surface area contributed by atoms with Crippen molar-refractivity contribution >= 4 is 35.1 Å². The SMILES string of the molecule is CC(C)N(Cc1ccc(Cl)c(Cl)c1)C(=O)C=C1OC(C)(C)OC1=O. The highest BCUT2D eigenvalue weighted by atomic mass is 35.5. The maximum absolute atomic E-state index is 12.6. The fourth-order valence-corrected chi connectivity index (χ4v) is 2.55. The third-order valence-corrected chi connectivity index (χ3v) is 4.13. The van der Waals surface area contributed by atoms with Crippen LogP contribution >= 0.6 is 23.2 Å². The molecule has 0 unspecified atom stereocenters. The van der Waals surface area contributed by atoms with Crippen LogP contribution in [0.25, 0.3) is 0 Å². The first-order valence-corrected chi connectivity index (χ1v) is 8.23. The summed E-state index contributed by atoms with van der Waals surface area (Å²) in [6, 6.07) is 5.10. The summed E-state index contributed by atoms with van der Waals surface area (Å²) < 4.78 is 10.4. The predicted octanol–water partition coefficient (Wildman–Crippen LogP) is 3.92. The van der Waals surface area contributed by atoms with Crippen LogP contribution in [0.5, 0.6) is 0 Å². The molecule has 1 heterocycles. The lowest BCUT2D eigenvalue weighted by molar-refractivity contribution is -0.159.